The van der Waals surface area contributed by atoms with Gasteiger partial charge < -0.3 is 10.1 Å². The fraction of sp³-hybridized carbons (Fsp3) is 0.391. The second-order valence-electron chi connectivity index (χ2n) is 7.44. The van der Waals surface area contributed by atoms with Crippen LogP contribution in [0.3, 0.4) is 0 Å². The Bertz CT molecular complexity index is 826. The molecule has 0 atom stereocenters. The van der Waals surface area contributed by atoms with Gasteiger partial charge >= 0.3 is 5.97 Å². The number of benzene rings is 2. The Morgan fingerprint density at radius 3 is 2.56 bits per heavy atom. The summed E-state index contributed by atoms with van der Waals surface area (Å²) in [5, 5.41) is 2.84. The van der Waals surface area contributed by atoms with Gasteiger partial charge in [-0.25, -0.2) is 0 Å². The molecule has 1 aliphatic carbocycles. The van der Waals surface area contributed by atoms with E-state index in [2.05, 4.69) is 31.3 Å². The van der Waals surface area contributed by atoms with Crippen molar-refractivity contribution in [2.24, 2.45) is 0 Å². The lowest BCUT2D eigenvalue weighted by atomic mass is 9.90. The third-order valence-electron chi connectivity index (χ3n) is 4.98. The van der Waals surface area contributed by atoms with Crippen LogP contribution in [0.1, 0.15) is 54.9 Å². The molecule has 0 spiro atoms. The third-order valence-corrected chi connectivity index (χ3v) is 4.98. The molecule has 2 aromatic rings. The van der Waals surface area contributed by atoms with Gasteiger partial charge in [-0.2, -0.15) is 0 Å². The molecule has 0 aromatic heterocycles. The van der Waals surface area contributed by atoms with Crippen molar-refractivity contribution >= 4 is 17.6 Å². The molecule has 0 saturated heterocycles. The summed E-state index contributed by atoms with van der Waals surface area (Å²) in [5.41, 5.74) is 5.51. The SMILES string of the molecule is CC(C)c1ccccc1NC(=O)COC(=O)Cc1ccc2c(c1)CCCC2. The minimum absolute atomic E-state index is 0.198. The van der Waals surface area contributed by atoms with Gasteiger partial charge in [-0.3, -0.25) is 9.59 Å². The zero-order valence-electron chi connectivity index (χ0n) is 16.1. The lowest BCUT2D eigenvalue weighted by Crippen LogP contribution is -2.22. The van der Waals surface area contributed by atoms with Crippen molar-refractivity contribution in [3.8, 4) is 0 Å². The molecule has 1 aliphatic rings. The number of hydrogen-bond donors (Lipinski definition) is 1. The zero-order valence-corrected chi connectivity index (χ0v) is 16.1. The van der Waals surface area contributed by atoms with Crippen LogP contribution in [0.5, 0.6) is 0 Å². The van der Waals surface area contributed by atoms with Gasteiger partial charge in [0.05, 0.1) is 6.42 Å². The summed E-state index contributed by atoms with van der Waals surface area (Å²) in [6, 6.07) is 13.9. The molecule has 27 heavy (non-hydrogen) atoms. The van der Waals surface area contributed by atoms with Gasteiger partial charge in [-0.15, -0.1) is 0 Å². The summed E-state index contributed by atoms with van der Waals surface area (Å²) in [6.07, 6.45) is 4.85. The van der Waals surface area contributed by atoms with E-state index in [0.717, 1.165) is 29.7 Å². The molecule has 4 heteroatoms. The quantitative estimate of drug-likeness (QED) is 0.771. The molecular formula is C23H27NO3. The molecule has 0 unspecified atom stereocenters. The highest BCUT2D eigenvalue weighted by atomic mass is 16.5. The molecule has 0 bridgehead atoms. The molecule has 3 rings (SSSR count). The molecule has 2 aromatic carbocycles. The zero-order chi connectivity index (χ0) is 19.2. The van der Waals surface area contributed by atoms with Gasteiger partial charge in [0.2, 0.25) is 0 Å². The molecule has 0 aliphatic heterocycles. The smallest absolute Gasteiger partial charge is 0.310 e. The van der Waals surface area contributed by atoms with Crippen molar-refractivity contribution in [1.29, 1.82) is 0 Å². The predicted octanol–water partition coefficient (Wildman–Crippen LogP) is 4.41. The van der Waals surface area contributed by atoms with E-state index in [1.807, 2.05) is 30.3 Å². The highest BCUT2D eigenvalue weighted by Crippen LogP contribution is 2.24. The second-order valence-corrected chi connectivity index (χ2v) is 7.44. The van der Waals surface area contributed by atoms with E-state index in [1.54, 1.807) is 0 Å². The van der Waals surface area contributed by atoms with Crippen LogP contribution in [0.2, 0.25) is 0 Å². The van der Waals surface area contributed by atoms with Crippen LogP contribution in [-0.2, 0) is 33.6 Å². The van der Waals surface area contributed by atoms with Gasteiger partial charge in [0, 0.05) is 5.69 Å². The first kappa shape index (κ1) is 19.2. The summed E-state index contributed by atoms with van der Waals surface area (Å²) in [7, 11) is 0. The van der Waals surface area contributed by atoms with E-state index in [9.17, 15) is 9.59 Å². The van der Waals surface area contributed by atoms with Gasteiger partial charge in [0.1, 0.15) is 0 Å². The number of carbonyl (C=O) groups excluding carboxylic acids is 2. The Balaban J connectivity index is 1.51. The van der Waals surface area contributed by atoms with Crippen molar-refractivity contribution < 1.29 is 14.3 Å². The van der Waals surface area contributed by atoms with Crippen molar-refractivity contribution in [3.63, 3.8) is 0 Å². The lowest BCUT2D eigenvalue weighted by Gasteiger charge is -2.16. The maximum Gasteiger partial charge on any atom is 0.310 e. The summed E-state index contributed by atoms with van der Waals surface area (Å²) >= 11 is 0. The normalized spacial score (nSPS) is 13.1. The summed E-state index contributed by atoms with van der Waals surface area (Å²) in [5.74, 6) is -0.395. The number of amides is 1. The topological polar surface area (TPSA) is 55.4 Å². The number of aryl methyl sites for hydroxylation is 2. The van der Waals surface area contributed by atoms with Gasteiger partial charge in [-0.05, 0) is 59.9 Å². The van der Waals surface area contributed by atoms with Crippen LogP contribution >= 0.6 is 0 Å². The largest absolute Gasteiger partial charge is 0.455 e. The first-order valence-corrected chi connectivity index (χ1v) is 9.68. The number of esters is 1. The van der Waals surface area contributed by atoms with Crippen molar-refractivity contribution in [3.05, 3.63) is 64.7 Å². The monoisotopic (exact) mass is 365 g/mol. The Morgan fingerprint density at radius 2 is 1.78 bits per heavy atom. The van der Waals surface area contributed by atoms with E-state index in [4.69, 9.17) is 4.74 Å². The number of para-hydroxylation sites is 1. The van der Waals surface area contributed by atoms with Crippen molar-refractivity contribution in [2.45, 2.75) is 51.9 Å². The Labute approximate surface area is 160 Å². The highest BCUT2D eigenvalue weighted by molar-refractivity contribution is 5.93. The third kappa shape index (κ3) is 5.19. The average Bonchev–Trinajstić information content (AvgIpc) is 2.66. The number of hydrogen-bond acceptors (Lipinski definition) is 3. The standard InChI is InChI=1S/C23H27NO3/c1-16(2)20-9-5-6-10-21(20)24-22(25)15-27-23(26)14-17-11-12-18-7-3-4-8-19(18)13-17/h5-6,9-13,16H,3-4,7-8,14-15H2,1-2H3,(H,24,25). The first-order chi connectivity index (χ1) is 13.0. The molecule has 4 nitrogen and oxygen atoms in total. The van der Waals surface area contributed by atoms with Crippen LogP contribution in [0, 0.1) is 0 Å². The van der Waals surface area contributed by atoms with Gasteiger partial charge in [0.15, 0.2) is 6.61 Å². The summed E-state index contributed by atoms with van der Waals surface area (Å²) < 4.78 is 5.17. The molecule has 0 fully saturated rings. The van der Waals surface area contributed by atoms with Gasteiger partial charge in [-0.1, -0.05) is 50.2 Å². The van der Waals surface area contributed by atoms with E-state index in [-0.39, 0.29) is 24.9 Å². The van der Waals surface area contributed by atoms with Crippen LogP contribution in [0.25, 0.3) is 0 Å². The van der Waals surface area contributed by atoms with Crippen molar-refractivity contribution in [2.75, 3.05) is 11.9 Å². The van der Waals surface area contributed by atoms with E-state index in [0.29, 0.717) is 5.92 Å². The summed E-state index contributed by atoms with van der Waals surface area (Å²) in [4.78, 5) is 24.3. The molecule has 0 heterocycles. The van der Waals surface area contributed by atoms with E-state index in [1.165, 1.54) is 24.0 Å². The Morgan fingerprint density at radius 1 is 1.04 bits per heavy atom. The van der Waals surface area contributed by atoms with Gasteiger partial charge in [0.25, 0.3) is 5.91 Å². The first-order valence-electron chi connectivity index (χ1n) is 9.68. The lowest BCUT2D eigenvalue weighted by molar-refractivity contribution is -0.146. The molecule has 1 amide bonds. The minimum Gasteiger partial charge on any atom is -0.455 e. The molecular weight excluding hydrogens is 338 g/mol. The van der Waals surface area contributed by atoms with Crippen LogP contribution in [0.4, 0.5) is 5.69 Å². The maximum atomic E-state index is 12.1. The molecule has 142 valence electrons. The Kier molecular flexibility index (Phi) is 6.28. The summed E-state index contributed by atoms with van der Waals surface area (Å²) in [6.45, 7) is 3.88. The number of carbonyl (C=O) groups is 2. The number of fused-ring (bicyclic) bond motifs is 1. The molecule has 0 radical (unpaired) electrons. The van der Waals surface area contributed by atoms with Crippen molar-refractivity contribution in [1.82, 2.24) is 0 Å². The highest BCUT2D eigenvalue weighted by Gasteiger charge is 2.14. The van der Waals surface area contributed by atoms with Crippen LogP contribution in [0.15, 0.2) is 42.5 Å². The van der Waals surface area contributed by atoms with E-state index >= 15 is 0 Å². The maximum absolute atomic E-state index is 12.1. The fourth-order valence-corrected chi connectivity index (χ4v) is 3.56. The average molecular weight is 365 g/mol. The second kappa shape index (κ2) is 8.85. The minimum atomic E-state index is -0.377. The number of rotatable bonds is 6. The number of nitrogens with one attached hydrogen (secondary N) is 1. The molecule has 0 saturated carbocycles. The number of anilines is 1. The Hall–Kier alpha value is -2.62. The predicted molar refractivity (Wildman–Crippen MR) is 107 cm³/mol. The number of ether oxygens (including phenoxy) is 1. The van der Waals surface area contributed by atoms with E-state index < -0.39 is 0 Å². The van der Waals surface area contributed by atoms with Crippen LogP contribution < -0.4 is 5.32 Å². The van der Waals surface area contributed by atoms with Crippen LogP contribution in [-0.4, -0.2) is 18.5 Å². The molecule has 1 N–H and O–H groups in total. The fourth-order valence-electron chi connectivity index (χ4n) is 3.56.